The van der Waals surface area contributed by atoms with E-state index in [1.54, 1.807) is 24.9 Å². The Morgan fingerprint density at radius 3 is 2.85 bits per heavy atom. The van der Waals surface area contributed by atoms with Gasteiger partial charge in [0.25, 0.3) is 5.91 Å². The van der Waals surface area contributed by atoms with E-state index in [0.717, 1.165) is 28.1 Å². The fourth-order valence-corrected chi connectivity index (χ4v) is 3.03. The van der Waals surface area contributed by atoms with Gasteiger partial charge in [0.15, 0.2) is 0 Å². The Bertz CT molecular complexity index is 1030. The van der Waals surface area contributed by atoms with Crippen molar-refractivity contribution in [3.8, 4) is 16.9 Å². The van der Waals surface area contributed by atoms with Crippen LogP contribution in [0, 0.1) is 6.92 Å². The van der Waals surface area contributed by atoms with Gasteiger partial charge in [-0.3, -0.25) is 9.48 Å². The lowest BCUT2D eigenvalue weighted by molar-refractivity contribution is 0.0975. The quantitative estimate of drug-likeness (QED) is 0.782. The van der Waals surface area contributed by atoms with Crippen molar-refractivity contribution in [3.05, 3.63) is 47.6 Å². The zero-order valence-electron chi connectivity index (χ0n) is 14.6. The maximum atomic E-state index is 12.4. The number of nitrogens with zero attached hydrogens (tertiary/aromatic N) is 4. The summed E-state index contributed by atoms with van der Waals surface area (Å²) < 4.78 is 12.2. The van der Waals surface area contributed by atoms with Crippen LogP contribution in [0.1, 0.15) is 21.7 Å². The molecule has 0 unspecified atom stereocenters. The number of carbonyl (C=O) groups excluding carboxylic acids is 1. The van der Waals surface area contributed by atoms with Crippen LogP contribution in [-0.2, 0) is 13.5 Å². The number of hydrogen-bond acceptors (Lipinski definition) is 6. The van der Waals surface area contributed by atoms with Crippen LogP contribution in [0.4, 0.5) is 5.69 Å². The van der Waals surface area contributed by atoms with Crippen molar-refractivity contribution in [2.45, 2.75) is 13.3 Å². The topological polar surface area (TPSA) is 94.5 Å². The van der Waals surface area contributed by atoms with Crippen LogP contribution in [0.15, 0.2) is 40.2 Å². The number of rotatable bonds is 3. The summed E-state index contributed by atoms with van der Waals surface area (Å²) in [5.74, 6) is 1.46. The van der Waals surface area contributed by atoms with Crippen molar-refractivity contribution >= 4 is 17.4 Å². The van der Waals surface area contributed by atoms with Crippen molar-refractivity contribution in [3.63, 3.8) is 0 Å². The highest BCUT2D eigenvalue weighted by Crippen LogP contribution is 2.41. The first kappa shape index (κ1) is 16.1. The summed E-state index contributed by atoms with van der Waals surface area (Å²) in [4.78, 5) is 17.1. The number of methoxy groups -OCH3 is 1. The van der Waals surface area contributed by atoms with Crippen LogP contribution in [-0.4, -0.2) is 33.8 Å². The van der Waals surface area contributed by atoms with Gasteiger partial charge in [0.2, 0.25) is 0 Å². The molecule has 132 valence electrons. The average molecular weight is 351 g/mol. The molecule has 2 aromatic heterocycles. The van der Waals surface area contributed by atoms with E-state index >= 15 is 0 Å². The van der Waals surface area contributed by atoms with E-state index in [1.165, 1.54) is 6.20 Å². The van der Waals surface area contributed by atoms with E-state index in [0.29, 0.717) is 23.6 Å². The molecule has 4 rings (SSSR count). The summed E-state index contributed by atoms with van der Waals surface area (Å²) in [6, 6.07) is 3.86. The van der Waals surface area contributed by atoms with Crippen molar-refractivity contribution in [1.82, 2.24) is 20.3 Å². The number of fused-ring (bicyclic) bond motifs is 1. The molecule has 0 saturated heterocycles. The number of aliphatic imine (C=N–C) groups is 1. The molecule has 1 N–H and O–H groups in total. The maximum Gasteiger partial charge on any atom is 0.261 e. The van der Waals surface area contributed by atoms with E-state index in [1.807, 2.05) is 25.4 Å². The van der Waals surface area contributed by atoms with Gasteiger partial charge in [0, 0.05) is 36.4 Å². The summed E-state index contributed by atoms with van der Waals surface area (Å²) in [5, 5.41) is 10.7. The first-order valence-electron chi connectivity index (χ1n) is 8.06. The summed E-state index contributed by atoms with van der Waals surface area (Å²) in [5.41, 5.74) is 4.01. The number of amidine groups is 1. The Hall–Kier alpha value is -3.42. The molecular weight excluding hydrogens is 334 g/mol. The van der Waals surface area contributed by atoms with Crippen LogP contribution >= 0.6 is 0 Å². The molecule has 1 aromatic carbocycles. The van der Waals surface area contributed by atoms with Crippen LogP contribution in [0.25, 0.3) is 11.1 Å². The van der Waals surface area contributed by atoms with Crippen LogP contribution in [0.2, 0.25) is 0 Å². The first-order valence-corrected chi connectivity index (χ1v) is 8.06. The molecule has 1 aliphatic rings. The molecular formula is C18H17N5O3. The third-order valence-corrected chi connectivity index (χ3v) is 4.32. The standard InChI is InChI=1S/C18H17N5O3/c1-10-14(8-20-26-10)18(24)22-16-6-13-15(25-3)5-4-12(17(13)21-16)11-7-19-23(2)9-11/h4-5,7-9H,6H2,1-3H3,(H,21,22,24). The molecule has 8 heteroatoms. The Kier molecular flexibility index (Phi) is 3.80. The SMILES string of the molecule is COc1ccc(-c2cnn(C)c2)c2c1CC(NC(=O)c1cnoc1C)=N2. The molecule has 8 nitrogen and oxygen atoms in total. The number of aromatic nitrogens is 3. The fourth-order valence-electron chi connectivity index (χ4n) is 3.03. The molecule has 3 heterocycles. The second-order valence-corrected chi connectivity index (χ2v) is 6.03. The van der Waals surface area contributed by atoms with Crippen molar-refractivity contribution in [1.29, 1.82) is 0 Å². The first-order chi connectivity index (χ1) is 12.6. The molecule has 0 fully saturated rings. The van der Waals surface area contributed by atoms with Crippen LogP contribution in [0.3, 0.4) is 0 Å². The maximum absolute atomic E-state index is 12.4. The van der Waals surface area contributed by atoms with E-state index in [-0.39, 0.29) is 5.91 Å². The Labute approximate surface area is 149 Å². The molecule has 0 aliphatic carbocycles. The molecule has 1 amide bonds. The van der Waals surface area contributed by atoms with Crippen molar-refractivity contribution in [2.24, 2.45) is 12.0 Å². The van der Waals surface area contributed by atoms with E-state index in [4.69, 9.17) is 9.26 Å². The van der Waals surface area contributed by atoms with Crippen LogP contribution < -0.4 is 10.1 Å². The molecule has 0 radical (unpaired) electrons. The Morgan fingerprint density at radius 1 is 1.35 bits per heavy atom. The summed E-state index contributed by atoms with van der Waals surface area (Å²) >= 11 is 0. The minimum atomic E-state index is -0.294. The zero-order chi connectivity index (χ0) is 18.3. The van der Waals surface area contributed by atoms with Gasteiger partial charge in [-0.05, 0) is 19.1 Å². The molecule has 3 aromatic rings. The lowest BCUT2D eigenvalue weighted by Crippen LogP contribution is -2.30. The monoisotopic (exact) mass is 351 g/mol. The van der Waals surface area contributed by atoms with E-state index < -0.39 is 0 Å². The molecule has 0 bridgehead atoms. The summed E-state index contributed by atoms with van der Waals surface area (Å²) in [7, 11) is 3.49. The van der Waals surface area contributed by atoms with Crippen LogP contribution in [0.5, 0.6) is 5.75 Å². The smallest absolute Gasteiger partial charge is 0.261 e. The Morgan fingerprint density at radius 2 is 2.19 bits per heavy atom. The number of carbonyl (C=O) groups is 1. The highest BCUT2D eigenvalue weighted by atomic mass is 16.5. The highest BCUT2D eigenvalue weighted by Gasteiger charge is 2.25. The number of hydrogen-bond donors (Lipinski definition) is 1. The molecule has 0 atom stereocenters. The molecule has 26 heavy (non-hydrogen) atoms. The average Bonchev–Trinajstić information content (AvgIpc) is 3.33. The summed E-state index contributed by atoms with van der Waals surface area (Å²) in [6.45, 7) is 1.69. The lowest BCUT2D eigenvalue weighted by atomic mass is 10.0. The molecule has 1 aliphatic heterocycles. The van der Waals surface area contributed by atoms with Gasteiger partial charge >= 0.3 is 0 Å². The number of aryl methyl sites for hydroxylation is 2. The fraction of sp³-hybridized carbons (Fsp3) is 0.222. The number of benzene rings is 1. The second kappa shape index (κ2) is 6.14. The minimum absolute atomic E-state index is 0.294. The van der Waals surface area contributed by atoms with Gasteiger partial charge in [-0.2, -0.15) is 5.10 Å². The van der Waals surface area contributed by atoms with Gasteiger partial charge in [-0.25, -0.2) is 4.99 Å². The van der Waals surface area contributed by atoms with E-state index in [2.05, 4.69) is 20.6 Å². The van der Waals surface area contributed by atoms with Gasteiger partial charge < -0.3 is 14.6 Å². The van der Waals surface area contributed by atoms with Crippen molar-refractivity contribution < 1.29 is 14.1 Å². The van der Waals surface area contributed by atoms with Gasteiger partial charge in [0.1, 0.15) is 22.9 Å². The number of ether oxygens (including phenoxy) is 1. The highest BCUT2D eigenvalue weighted by molar-refractivity contribution is 6.10. The number of amides is 1. The molecule has 0 spiro atoms. The predicted octanol–water partition coefficient (Wildman–Crippen LogP) is 2.41. The normalized spacial score (nSPS) is 12.7. The second-order valence-electron chi connectivity index (χ2n) is 6.03. The minimum Gasteiger partial charge on any atom is -0.496 e. The van der Waals surface area contributed by atoms with E-state index in [9.17, 15) is 4.79 Å². The zero-order valence-corrected chi connectivity index (χ0v) is 14.6. The lowest BCUT2D eigenvalue weighted by Gasteiger charge is -2.09. The predicted molar refractivity (Wildman–Crippen MR) is 94.7 cm³/mol. The number of nitrogens with one attached hydrogen (secondary N) is 1. The van der Waals surface area contributed by atoms with Gasteiger partial charge in [0.05, 0.1) is 25.2 Å². The summed E-state index contributed by atoms with van der Waals surface area (Å²) in [6.07, 6.45) is 5.58. The van der Waals surface area contributed by atoms with Gasteiger partial charge in [-0.1, -0.05) is 5.16 Å². The third kappa shape index (κ3) is 2.65. The third-order valence-electron chi connectivity index (χ3n) is 4.32. The Balaban J connectivity index is 1.69. The van der Waals surface area contributed by atoms with Gasteiger partial charge in [-0.15, -0.1) is 0 Å². The van der Waals surface area contributed by atoms with Crippen molar-refractivity contribution in [2.75, 3.05) is 7.11 Å². The molecule has 0 saturated carbocycles. The largest absolute Gasteiger partial charge is 0.496 e.